The minimum Gasteiger partial charge on any atom is -0.384 e. The van der Waals surface area contributed by atoms with Crippen LogP contribution in [-0.4, -0.2) is 28.7 Å². The van der Waals surface area contributed by atoms with Crippen molar-refractivity contribution in [1.29, 1.82) is 0 Å². The van der Waals surface area contributed by atoms with Crippen LogP contribution in [0.1, 0.15) is 46.3 Å². The Hall–Kier alpha value is -4.88. The van der Waals surface area contributed by atoms with Gasteiger partial charge in [-0.05, 0) is 62.9 Å². The van der Waals surface area contributed by atoms with Crippen molar-refractivity contribution in [1.82, 2.24) is 0 Å². The minimum absolute atomic E-state index is 0.0325. The van der Waals surface area contributed by atoms with E-state index in [1.165, 1.54) is 0 Å². The highest BCUT2D eigenvalue weighted by atomic mass is 16.3. The first-order chi connectivity index (χ1) is 20.7. The van der Waals surface area contributed by atoms with E-state index in [4.69, 9.17) is 0 Å². The van der Waals surface area contributed by atoms with Gasteiger partial charge in [-0.1, -0.05) is 96.1 Å². The lowest BCUT2D eigenvalue weighted by atomic mass is 9.58. The van der Waals surface area contributed by atoms with Crippen molar-refractivity contribution >= 4 is 35.0 Å². The molecule has 7 nitrogen and oxygen atoms in total. The number of rotatable bonds is 5. The molecule has 1 saturated carbocycles. The van der Waals surface area contributed by atoms with Gasteiger partial charge in [-0.25, -0.2) is 14.6 Å². The number of barbiturate groups is 1. The number of ketones is 1. The molecule has 2 aliphatic rings. The highest BCUT2D eigenvalue weighted by Gasteiger charge is 2.64. The lowest BCUT2D eigenvalue weighted by molar-refractivity contribution is -0.151. The van der Waals surface area contributed by atoms with Crippen molar-refractivity contribution in [3.05, 3.63) is 131 Å². The number of hydrogen-bond donors (Lipinski definition) is 1. The van der Waals surface area contributed by atoms with Crippen LogP contribution in [0.5, 0.6) is 0 Å². The molecule has 0 bridgehead atoms. The van der Waals surface area contributed by atoms with Gasteiger partial charge in [-0.3, -0.25) is 14.4 Å². The summed E-state index contributed by atoms with van der Waals surface area (Å²) in [5.41, 5.74) is 0.138. The number of imide groups is 2. The predicted octanol–water partition coefficient (Wildman–Crippen LogP) is 6.36. The molecule has 1 saturated heterocycles. The molecule has 216 valence electrons. The number of aliphatic hydroxyl groups is 1. The quantitative estimate of drug-likeness (QED) is 0.222. The van der Waals surface area contributed by atoms with E-state index in [9.17, 15) is 24.3 Å². The fourth-order valence-corrected chi connectivity index (χ4v) is 6.41. The molecule has 1 aliphatic heterocycles. The number of urea groups is 1. The molecule has 2 atom stereocenters. The summed E-state index contributed by atoms with van der Waals surface area (Å²) >= 11 is 0. The maximum atomic E-state index is 14.5. The van der Waals surface area contributed by atoms with Gasteiger partial charge in [0, 0.05) is 5.56 Å². The summed E-state index contributed by atoms with van der Waals surface area (Å²) < 4.78 is 0. The largest absolute Gasteiger partial charge is 0.384 e. The smallest absolute Gasteiger partial charge is 0.342 e. The normalized spacial score (nSPS) is 21.7. The van der Waals surface area contributed by atoms with Crippen LogP contribution in [0.2, 0.25) is 0 Å². The summed E-state index contributed by atoms with van der Waals surface area (Å²) in [6, 6.07) is 30.6. The van der Waals surface area contributed by atoms with Gasteiger partial charge in [0.25, 0.3) is 11.8 Å². The number of anilines is 2. The third-order valence-corrected chi connectivity index (χ3v) is 8.90. The van der Waals surface area contributed by atoms with Crippen LogP contribution in [0.15, 0.2) is 109 Å². The highest BCUT2D eigenvalue weighted by molar-refractivity contribution is 6.38. The monoisotopic (exact) mass is 572 g/mol. The number of benzene rings is 4. The van der Waals surface area contributed by atoms with Crippen molar-refractivity contribution in [3.8, 4) is 0 Å². The van der Waals surface area contributed by atoms with Crippen molar-refractivity contribution in [2.75, 3.05) is 9.80 Å². The number of amides is 4. The molecule has 0 radical (unpaired) electrons. The van der Waals surface area contributed by atoms with Gasteiger partial charge in [0.1, 0.15) is 5.41 Å². The van der Waals surface area contributed by atoms with Crippen LogP contribution in [-0.2, 0) is 15.2 Å². The Labute approximate surface area is 250 Å². The van der Waals surface area contributed by atoms with Crippen molar-refractivity contribution in [3.63, 3.8) is 0 Å². The molecule has 1 heterocycles. The van der Waals surface area contributed by atoms with Crippen LogP contribution in [0.25, 0.3) is 0 Å². The number of carbonyl (C=O) groups is 4. The van der Waals surface area contributed by atoms with Crippen LogP contribution < -0.4 is 9.80 Å². The molecule has 4 aromatic rings. The van der Waals surface area contributed by atoms with Crippen molar-refractivity contribution in [2.24, 2.45) is 11.3 Å². The second kappa shape index (κ2) is 10.7. The van der Waals surface area contributed by atoms with E-state index in [-0.39, 0.29) is 25.0 Å². The van der Waals surface area contributed by atoms with Gasteiger partial charge in [-0.2, -0.15) is 0 Å². The van der Waals surface area contributed by atoms with Gasteiger partial charge in [0.15, 0.2) is 5.78 Å². The zero-order chi connectivity index (χ0) is 30.4. The first-order valence-electron chi connectivity index (χ1n) is 14.4. The molecule has 1 spiro atoms. The van der Waals surface area contributed by atoms with Crippen LogP contribution in [0.3, 0.4) is 0 Å². The number of nitrogens with zero attached hydrogens (tertiary/aromatic N) is 2. The highest BCUT2D eigenvalue weighted by Crippen LogP contribution is 2.54. The summed E-state index contributed by atoms with van der Waals surface area (Å²) in [6.07, 6.45) is -0.344. The Kier molecular flexibility index (Phi) is 7.06. The molecule has 2 fully saturated rings. The Balaban J connectivity index is 1.51. The maximum absolute atomic E-state index is 14.5. The Morgan fingerprint density at radius 2 is 1.14 bits per heavy atom. The molecule has 2 unspecified atom stereocenters. The molecule has 43 heavy (non-hydrogen) atoms. The van der Waals surface area contributed by atoms with E-state index in [1.54, 1.807) is 84.9 Å². The molecule has 6 rings (SSSR count). The molecular formula is C36H32N2O5. The summed E-state index contributed by atoms with van der Waals surface area (Å²) in [7, 11) is 0. The fourth-order valence-electron chi connectivity index (χ4n) is 6.41. The standard InChI is InChI=1S/C36H32N2O5/c1-24-13-17-26(18-14-24)31(39)30-23-35(21-22-36(30,43)27-19-15-25(2)16-20-27)32(40)37(28-9-5-3-6-10-28)34(42)38(33(35)41)29-11-7-4-8-12-29/h3-20,30,43H,21-23H2,1-2H3. The average Bonchev–Trinajstić information content (AvgIpc) is 3.02. The second-order valence-electron chi connectivity index (χ2n) is 11.6. The van der Waals surface area contributed by atoms with Crippen LogP contribution in [0, 0.1) is 25.2 Å². The first kappa shape index (κ1) is 28.2. The van der Waals surface area contributed by atoms with E-state index < -0.39 is 34.8 Å². The van der Waals surface area contributed by atoms with E-state index in [2.05, 4.69) is 0 Å². The topological polar surface area (TPSA) is 95.0 Å². The third-order valence-electron chi connectivity index (χ3n) is 8.90. The fraction of sp³-hybridized carbons (Fsp3) is 0.222. The van der Waals surface area contributed by atoms with E-state index >= 15 is 0 Å². The zero-order valence-corrected chi connectivity index (χ0v) is 24.1. The molecule has 7 heteroatoms. The van der Waals surface area contributed by atoms with Crippen molar-refractivity contribution in [2.45, 2.75) is 38.7 Å². The Morgan fingerprint density at radius 1 is 0.674 bits per heavy atom. The van der Waals surface area contributed by atoms with E-state index in [1.807, 2.05) is 38.1 Å². The third kappa shape index (κ3) is 4.66. The van der Waals surface area contributed by atoms with Crippen LogP contribution in [0.4, 0.5) is 16.2 Å². The second-order valence-corrected chi connectivity index (χ2v) is 11.6. The van der Waals surface area contributed by atoms with E-state index in [0.29, 0.717) is 22.5 Å². The maximum Gasteiger partial charge on any atom is 0.342 e. The van der Waals surface area contributed by atoms with Gasteiger partial charge in [0.05, 0.1) is 22.9 Å². The molecular weight excluding hydrogens is 540 g/mol. The molecule has 4 aromatic carbocycles. The van der Waals surface area contributed by atoms with Gasteiger partial charge >= 0.3 is 6.03 Å². The molecule has 0 aromatic heterocycles. The van der Waals surface area contributed by atoms with Crippen LogP contribution >= 0.6 is 0 Å². The molecule has 1 N–H and O–H groups in total. The summed E-state index contributed by atoms with van der Waals surface area (Å²) in [5.74, 6) is -2.87. The lowest BCUT2D eigenvalue weighted by Crippen LogP contribution is -2.68. The summed E-state index contributed by atoms with van der Waals surface area (Å²) in [6.45, 7) is 3.85. The zero-order valence-electron chi connectivity index (χ0n) is 24.1. The lowest BCUT2D eigenvalue weighted by Gasteiger charge is -2.51. The Bertz CT molecular complexity index is 1640. The number of carbonyl (C=O) groups excluding carboxylic acids is 4. The number of para-hydroxylation sites is 2. The Morgan fingerprint density at radius 3 is 1.63 bits per heavy atom. The molecule has 1 aliphatic carbocycles. The molecule has 4 amide bonds. The van der Waals surface area contributed by atoms with Gasteiger partial charge < -0.3 is 5.11 Å². The van der Waals surface area contributed by atoms with E-state index in [0.717, 1.165) is 20.9 Å². The SMILES string of the molecule is Cc1ccc(C(=O)C2CC3(CCC2(O)c2ccc(C)cc2)C(=O)N(c2ccccc2)C(=O)N(c2ccccc2)C3=O)cc1. The average molecular weight is 573 g/mol. The summed E-state index contributed by atoms with van der Waals surface area (Å²) in [4.78, 5) is 59.3. The van der Waals surface area contributed by atoms with Gasteiger partial charge in [0.2, 0.25) is 0 Å². The number of hydrogen-bond acceptors (Lipinski definition) is 5. The minimum atomic E-state index is -1.76. The van der Waals surface area contributed by atoms with Gasteiger partial charge in [-0.15, -0.1) is 0 Å². The van der Waals surface area contributed by atoms with Crippen molar-refractivity contribution < 1.29 is 24.3 Å². The first-order valence-corrected chi connectivity index (χ1v) is 14.4. The number of Topliss-reactive ketones (excluding diaryl/α,β-unsaturated/α-hetero) is 1. The number of aryl methyl sites for hydroxylation is 2. The summed E-state index contributed by atoms with van der Waals surface area (Å²) in [5, 5.41) is 12.3. The predicted molar refractivity (Wildman–Crippen MR) is 164 cm³/mol.